The molecular weight excluding hydrogens is 268 g/mol. The highest BCUT2D eigenvalue weighted by molar-refractivity contribution is 9.11. The molecule has 0 rings (SSSR count). The molecule has 0 unspecified atom stereocenters. The lowest BCUT2D eigenvalue weighted by atomic mass is 10.1. The van der Waals surface area contributed by atoms with Crippen LogP contribution in [0.3, 0.4) is 0 Å². The Kier molecular flexibility index (Phi) is 7.05. The largest absolute Gasteiger partial charge is 0.412 e. The van der Waals surface area contributed by atoms with Crippen molar-refractivity contribution in [3.63, 3.8) is 0 Å². The summed E-state index contributed by atoms with van der Waals surface area (Å²) in [7, 11) is -1.45. The maximum Gasteiger partial charge on any atom is 0.192 e. The molecule has 0 fully saturated rings. The lowest BCUT2D eigenvalue weighted by molar-refractivity contribution is 0.0987. The van der Waals surface area contributed by atoms with Crippen LogP contribution in [0.2, 0.25) is 18.1 Å². The van der Waals surface area contributed by atoms with E-state index in [1.165, 1.54) is 18.1 Å². The highest BCUT2D eigenvalue weighted by Gasteiger charge is 2.34. The van der Waals surface area contributed by atoms with E-state index >= 15 is 0 Å². The van der Waals surface area contributed by atoms with E-state index in [9.17, 15) is 0 Å². The van der Waals surface area contributed by atoms with Gasteiger partial charge in [0, 0.05) is 0 Å². The van der Waals surface area contributed by atoms with E-state index in [4.69, 9.17) is 4.43 Å². The SMILES string of the molecule is CC[Si](CC)(CC)OC(C)(C)C/C=C\Br. The van der Waals surface area contributed by atoms with Gasteiger partial charge in [-0.25, -0.2) is 0 Å². The van der Waals surface area contributed by atoms with Crippen molar-refractivity contribution in [3.8, 4) is 0 Å². The standard InChI is InChI=1S/C12H25BrOSi/c1-6-15(7-2,8-3)14-12(4,5)10-9-11-13/h9,11H,6-8,10H2,1-5H3/b11-9-. The van der Waals surface area contributed by atoms with E-state index in [1.54, 1.807) is 0 Å². The molecule has 0 heterocycles. The number of hydrogen-bond acceptors (Lipinski definition) is 1. The third kappa shape index (κ3) is 5.32. The summed E-state index contributed by atoms with van der Waals surface area (Å²) in [5, 5.41) is 0. The van der Waals surface area contributed by atoms with E-state index in [-0.39, 0.29) is 5.60 Å². The molecule has 15 heavy (non-hydrogen) atoms. The molecule has 0 aliphatic carbocycles. The quantitative estimate of drug-likeness (QED) is 0.594. The summed E-state index contributed by atoms with van der Waals surface area (Å²) < 4.78 is 6.44. The summed E-state index contributed by atoms with van der Waals surface area (Å²) in [5.41, 5.74) is -0.0154. The molecular formula is C12H25BrOSi. The van der Waals surface area contributed by atoms with Crippen molar-refractivity contribution in [2.24, 2.45) is 0 Å². The second kappa shape index (κ2) is 6.87. The van der Waals surface area contributed by atoms with Gasteiger partial charge < -0.3 is 4.43 Å². The Labute approximate surface area is 105 Å². The predicted molar refractivity (Wildman–Crippen MR) is 75.0 cm³/mol. The molecule has 0 saturated carbocycles. The number of rotatable bonds is 7. The van der Waals surface area contributed by atoms with Gasteiger partial charge in [0.05, 0.1) is 5.60 Å². The zero-order valence-electron chi connectivity index (χ0n) is 10.8. The number of hydrogen-bond donors (Lipinski definition) is 0. The Morgan fingerprint density at radius 2 is 1.60 bits per heavy atom. The van der Waals surface area contributed by atoms with Crippen LogP contribution in [-0.2, 0) is 4.43 Å². The van der Waals surface area contributed by atoms with Gasteiger partial charge >= 0.3 is 0 Å². The minimum atomic E-state index is -1.45. The monoisotopic (exact) mass is 292 g/mol. The zero-order valence-corrected chi connectivity index (χ0v) is 13.4. The lowest BCUT2D eigenvalue weighted by Gasteiger charge is -2.37. The Balaban J connectivity index is 4.50. The fraction of sp³-hybridized carbons (Fsp3) is 0.833. The minimum absolute atomic E-state index is 0.0154. The first-order chi connectivity index (χ1) is 6.95. The molecule has 0 radical (unpaired) electrons. The second-order valence-electron chi connectivity index (χ2n) is 4.67. The van der Waals surface area contributed by atoms with Crippen LogP contribution in [0.1, 0.15) is 41.0 Å². The first-order valence-electron chi connectivity index (χ1n) is 5.90. The average molecular weight is 293 g/mol. The maximum atomic E-state index is 6.44. The van der Waals surface area contributed by atoms with Crippen LogP contribution in [0.15, 0.2) is 11.1 Å². The van der Waals surface area contributed by atoms with Crippen LogP contribution < -0.4 is 0 Å². The third-order valence-corrected chi connectivity index (χ3v) is 8.35. The molecule has 0 amide bonds. The van der Waals surface area contributed by atoms with Gasteiger partial charge in [0.25, 0.3) is 0 Å². The topological polar surface area (TPSA) is 9.23 Å². The molecule has 0 spiro atoms. The van der Waals surface area contributed by atoms with Crippen LogP contribution in [0.5, 0.6) is 0 Å². The van der Waals surface area contributed by atoms with E-state index < -0.39 is 8.32 Å². The first-order valence-corrected chi connectivity index (χ1v) is 9.35. The molecule has 0 saturated heterocycles. The Morgan fingerprint density at radius 1 is 1.13 bits per heavy atom. The Hall–Kier alpha value is 0.397. The van der Waals surface area contributed by atoms with Crippen LogP contribution in [0.4, 0.5) is 0 Å². The maximum absolute atomic E-state index is 6.44. The molecule has 0 aliphatic rings. The Bertz CT molecular complexity index is 190. The summed E-state index contributed by atoms with van der Waals surface area (Å²) in [4.78, 5) is 1.92. The fourth-order valence-electron chi connectivity index (χ4n) is 1.92. The first kappa shape index (κ1) is 15.4. The molecule has 0 aromatic rings. The van der Waals surface area contributed by atoms with Crippen molar-refractivity contribution < 1.29 is 4.43 Å². The van der Waals surface area contributed by atoms with E-state index in [0.717, 1.165) is 6.42 Å². The molecule has 0 aliphatic heterocycles. The van der Waals surface area contributed by atoms with Gasteiger partial charge in [0.15, 0.2) is 8.32 Å². The summed E-state index contributed by atoms with van der Waals surface area (Å²) in [6.07, 6.45) is 3.10. The van der Waals surface area contributed by atoms with Gasteiger partial charge in [-0.2, -0.15) is 0 Å². The smallest absolute Gasteiger partial charge is 0.192 e. The van der Waals surface area contributed by atoms with E-state index in [2.05, 4.69) is 56.6 Å². The van der Waals surface area contributed by atoms with E-state index in [0.29, 0.717) is 0 Å². The average Bonchev–Trinajstić information content (AvgIpc) is 2.23. The highest BCUT2D eigenvalue weighted by atomic mass is 79.9. The summed E-state index contributed by atoms with van der Waals surface area (Å²) in [5.74, 6) is 0. The van der Waals surface area contributed by atoms with Crippen LogP contribution in [-0.4, -0.2) is 13.9 Å². The van der Waals surface area contributed by atoms with Gasteiger partial charge in [-0.05, 0) is 43.4 Å². The third-order valence-electron chi connectivity index (χ3n) is 3.12. The summed E-state index contributed by atoms with van der Waals surface area (Å²) >= 11 is 3.31. The Morgan fingerprint density at radius 3 is 1.93 bits per heavy atom. The van der Waals surface area contributed by atoms with Crippen LogP contribution in [0.25, 0.3) is 0 Å². The summed E-state index contributed by atoms with van der Waals surface area (Å²) in [6.45, 7) is 11.2. The van der Waals surface area contributed by atoms with Crippen molar-refractivity contribution in [2.75, 3.05) is 0 Å². The molecule has 0 bridgehead atoms. The molecule has 0 aromatic carbocycles. The lowest BCUT2D eigenvalue weighted by Crippen LogP contribution is -2.44. The van der Waals surface area contributed by atoms with Crippen molar-refractivity contribution >= 4 is 24.2 Å². The van der Waals surface area contributed by atoms with Crippen LogP contribution in [0, 0.1) is 0 Å². The second-order valence-corrected chi connectivity index (χ2v) is 9.89. The fourth-order valence-corrected chi connectivity index (χ4v) is 5.30. The minimum Gasteiger partial charge on any atom is -0.412 e. The normalized spacial score (nSPS) is 13.7. The highest BCUT2D eigenvalue weighted by Crippen LogP contribution is 2.29. The summed E-state index contributed by atoms with van der Waals surface area (Å²) in [6, 6.07) is 3.67. The molecule has 0 aromatic heterocycles. The van der Waals surface area contributed by atoms with Gasteiger partial charge in [0.2, 0.25) is 0 Å². The molecule has 90 valence electrons. The van der Waals surface area contributed by atoms with Crippen LogP contribution >= 0.6 is 15.9 Å². The van der Waals surface area contributed by atoms with Gasteiger partial charge in [-0.1, -0.05) is 42.8 Å². The molecule has 3 heteroatoms. The zero-order chi connectivity index (χ0) is 11.9. The van der Waals surface area contributed by atoms with Crippen molar-refractivity contribution in [2.45, 2.75) is 64.8 Å². The number of halogens is 1. The van der Waals surface area contributed by atoms with Gasteiger partial charge in [-0.3, -0.25) is 0 Å². The van der Waals surface area contributed by atoms with Gasteiger partial charge in [0.1, 0.15) is 0 Å². The van der Waals surface area contributed by atoms with Crippen molar-refractivity contribution in [1.29, 1.82) is 0 Å². The van der Waals surface area contributed by atoms with Crippen molar-refractivity contribution in [3.05, 3.63) is 11.1 Å². The molecule has 1 nitrogen and oxygen atoms in total. The predicted octanol–water partition coefficient (Wildman–Crippen LogP) is 5.09. The van der Waals surface area contributed by atoms with Crippen molar-refractivity contribution in [1.82, 2.24) is 0 Å². The molecule has 0 atom stereocenters. The molecule has 0 N–H and O–H groups in total. The van der Waals surface area contributed by atoms with E-state index in [1.807, 2.05) is 4.99 Å². The van der Waals surface area contributed by atoms with Gasteiger partial charge in [-0.15, -0.1) is 0 Å².